The Balaban J connectivity index is 1.64. The molecule has 0 saturated carbocycles. The molecule has 4 rings (SSSR count). The molecule has 0 radical (unpaired) electrons. The van der Waals surface area contributed by atoms with E-state index >= 15 is 0 Å². The van der Waals surface area contributed by atoms with Crippen LogP contribution in [-0.2, 0) is 14.8 Å². The molecule has 1 aromatic heterocycles. The molecular formula is C22H25ClFN3O5S. The molecule has 1 unspecified atom stereocenters. The predicted octanol–water partition coefficient (Wildman–Crippen LogP) is 3.23. The lowest BCUT2D eigenvalue weighted by atomic mass is 9.94. The number of aromatic nitrogens is 1. The number of fused-ring (bicyclic) bond motifs is 1. The summed E-state index contributed by atoms with van der Waals surface area (Å²) in [6.07, 6.45) is 0.881. The van der Waals surface area contributed by atoms with Crippen LogP contribution in [0.4, 0.5) is 10.1 Å². The number of sulfonamides is 1. The van der Waals surface area contributed by atoms with Crippen molar-refractivity contribution >= 4 is 38.2 Å². The Bertz CT molecular complexity index is 1260. The third-order valence-electron chi connectivity index (χ3n) is 5.90. The Labute approximate surface area is 196 Å². The first-order chi connectivity index (χ1) is 15.6. The Hall–Kier alpha value is -2.21. The van der Waals surface area contributed by atoms with E-state index in [1.54, 1.807) is 12.3 Å². The first kappa shape index (κ1) is 23.9. The van der Waals surface area contributed by atoms with Crippen LogP contribution >= 0.6 is 11.6 Å². The van der Waals surface area contributed by atoms with Crippen LogP contribution in [0.1, 0.15) is 24.6 Å². The van der Waals surface area contributed by atoms with Gasteiger partial charge in [-0.05, 0) is 49.2 Å². The lowest BCUT2D eigenvalue weighted by Gasteiger charge is -2.37. The number of rotatable bonds is 7. The third kappa shape index (κ3) is 4.86. The van der Waals surface area contributed by atoms with Gasteiger partial charge in [0.25, 0.3) is 0 Å². The molecule has 11 heteroatoms. The fourth-order valence-corrected chi connectivity index (χ4v) is 5.75. The molecule has 1 fully saturated rings. The fourth-order valence-electron chi connectivity index (χ4n) is 4.07. The van der Waals surface area contributed by atoms with Gasteiger partial charge in [-0.25, -0.2) is 12.8 Å². The number of methoxy groups -OCH3 is 1. The van der Waals surface area contributed by atoms with Crippen LogP contribution in [0.2, 0.25) is 5.02 Å². The van der Waals surface area contributed by atoms with Crippen molar-refractivity contribution in [2.24, 2.45) is 0 Å². The molecule has 2 aromatic carbocycles. The van der Waals surface area contributed by atoms with E-state index in [0.29, 0.717) is 22.2 Å². The Kier molecular flexibility index (Phi) is 6.68. The minimum atomic E-state index is -3.89. The van der Waals surface area contributed by atoms with Crippen LogP contribution < -0.4 is 5.32 Å². The second-order valence-electron chi connectivity index (χ2n) is 8.19. The molecule has 0 amide bonds. The quantitative estimate of drug-likeness (QED) is 0.373. The summed E-state index contributed by atoms with van der Waals surface area (Å²) in [5.41, 5.74) is 0.197. The SMILES string of the molecule is COCC1(O)CCN(S(=O)(=O)c2cc(C(O)Nc3ccc(F)c(Cl)c3)c3cc[nH]c3c2)CC1. The highest BCUT2D eigenvalue weighted by atomic mass is 35.5. The Morgan fingerprint density at radius 3 is 2.67 bits per heavy atom. The number of aliphatic hydroxyl groups is 2. The predicted molar refractivity (Wildman–Crippen MR) is 123 cm³/mol. The van der Waals surface area contributed by atoms with Gasteiger partial charge in [-0.3, -0.25) is 0 Å². The molecule has 1 aliphatic heterocycles. The summed E-state index contributed by atoms with van der Waals surface area (Å²) in [7, 11) is -2.39. The lowest BCUT2D eigenvalue weighted by molar-refractivity contribution is -0.0607. The number of aromatic amines is 1. The standard InChI is InChI=1S/C22H25ClFN3O5S/c1-32-13-22(29)5-8-27(9-6-22)33(30,31)15-11-17(16-4-7-25-20(16)12-15)21(28)26-14-2-3-19(24)18(23)10-14/h2-4,7,10-12,21,25-26,28-29H,5-6,8-9,13H2,1H3. The second-order valence-corrected chi connectivity index (χ2v) is 10.5. The molecule has 1 saturated heterocycles. The molecular weight excluding hydrogens is 473 g/mol. The monoisotopic (exact) mass is 497 g/mol. The molecule has 2 heterocycles. The highest BCUT2D eigenvalue weighted by molar-refractivity contribution is 7.89. The molecule has 0 spiro atoms. The normalized spacial score (nSPS) is 17.8. The van der Waals surface area contributed by atoms with E-state index in [0.717, 1.165) is 0 Å². The van der Waals surface area contributed by atoms with Crippen LogP contribution in [0.5, 0.6) is 0 Å². The maximum Gasteiger partial charge on any atom is 0.243 e. The van der Waals surface area contributed by atoms with Gasteiger partial charge in [-0.2, -0.15) is 4.31 Å². The topological polar surface area (TPSA) is 115 Å². The van der Waals surface area contributed by atoms with E-state index < -0.39 is 27.7 Å². The molecule has 3 aromatic rings. The fraction of sp³-hybridized carbons (Fsp3) is 0.364. The largest absolute Gasteiger partial charge is 0.387 e. The van der Waals surface area contributed by atoms with E-state index in [9.17, 15) is 23.0 Å². The smallest absolute Gasteiger partial charge is 0.243 e. The number of H-pyrrole nitrogens is 1. The number of nitrogens with zero attached hydrogens (tertiary/aromatic N) is 1. The van der Waals surface area contributed by atoms with Crippen LogP contribution in [-0.4, -0.2) is 60.3 Å². The summed E-state index contributed by atoms with van der Waals surface area (Å²) in [6, 6.07) is 8.61. The highest BCUT2D eigenvalue weighted by Crippen LogP contribution is 2.32. The van der Waals surface area contributed by atoms with Crippen molar-refractivity contribution < 1.29 is 27.8 Å². The van der Waals surface area contributed by atoms with Crippen molar-refractivity contribution in [2.45, 2.75) is 29.6 Å². The van der Waals surface area contributed by atoms with Gasteiger partial charge in [0.2, 0.25) is 10.0 Å². The van der Waals surface area contributed by atoms with E-state index in [1.165, 1.54) is 41.7 Å². The number of hydrogen-bond acceptors (Lipinski definition) is 6. The van der Waals surface area contributed by atoms with E-state index in [1.807, 2.05) is 0 Å². The van der Waals surface area contributed by atoms with Gasteiger partial charge in [-0.1, -0.05) is 11.6 Å². The lowest BCUT2D eigenvalue weighted by Crippen LogP contribution is -2.48. The van der Waals surface area contributed by atoms with Crippen LogP contribution in [0, 0.1) is 5.82 Å². The number of ether oxygens (including phenoxy) is 1. The van der Waals surface area contributed by atoms with Gasteiger partial charge in [0.1, 0.15) is 5.82 Å². The second kappa shape index (κ2) is 9.21. The minimum absolute atomic E-state index is 0.0163. The number of anilines is 1. The summed E-state index contributed by atoms with van der Waals surface area (Å²) < 4.78 is 46.6. The molecule has 0 aliphatic carbocycles. The van der Waals surface area contributed by atoms with Crippen molar-refractivity contribution in [1.29, 1.82) is 0 Å². The maximum absolute atomic E-state index is 13.5. The summed E-state index contributed by atoms with van der Waals surface area (Å²) in [6.45, 7) is 0.440. The molecule has 1 atom stereocenters. The third-order valence-corrected chi connectivity index (χ3v) is 8.06. The van der Waals surface area contributed by atoms with E-state index in [-0.39, 0.29) is 42.5 Å². The van der Waals surface area contributed by atoms with Crippen molar-refractivity contribution in [3.05, 3.63) is 59.0 Å². The molecule has 178 valence electrons. The Morgan fingerprint density at radius 1 is 1.27 bits per heavy atom. The van der Waals surface area contributed by atoms with Gasteiger partial charge in [0, 0.05) is 48.5 Å². The molecule has 0 bridgehead atoms. The first-order valence-corrected chi connectivity index (χ1v) is 12.2. The van der Waals surface area contributed by atoms with Gasteiger partial charge >= 0.3 is 0 Å². The van der Waals surface area contributed by atoms with Crippen molar-refractivity contribution in [1.82, 2.24) is 9.29 Å². The average Bonchev–Trinajstić information content (AvgIpc) is 3.24. The van der Waals surface area contributed by atoms with E-state index in [2.05, 4.69) is 10.3 Å². The van der Waals surface area contributed by atoms with Crippen LogP contribution in [0.15, 0.2) is 47.5 Å². The van der Waals surface area contributed by atoms with E-state index in [4.69, 9.17) is 16.3 Å². The number of nitrogens with one attached hydrogen (secondary N) is 2. The zero-order valence-corrected chi connectivity index (χ0v) is 19.5. The van der Waals surface area contributed by atoms with Crippen LogP contribution in [0.3, 0.4) is 0 Å². The summed E-state index contributed by atoms with van der Waals surface area (Å²) in [5, 5.41) is 24.7. The zero-order chi connectivity index (χ0) is 23.8. The molecule has 4 N–H and O–H groups in total. The molecule has 33 heavy (non-hydrogen) atoms. The maximum atomic E-state index is 13.5. The Morgan fingerprint density at radius 2 is 2.00 bits per heavy atom. The number of piperidine rings is 1. The summed E-state index contributed by atoms with van der Waals surface area (Å²) >= 11 is 5.82. The highest BCUT2D eigenvalue weighted by Gasteiger charge is 2.37. The van der Waals surface area contributed by atoms with Gasteiger partial charge in [-0.15, -0.1) is 0 Å². The molecule has 1 aliphatic rings. The number of benzene rings is 2. The van der Waals surface area contributed by atoms with Crippen molar-refractivity contribution in [3.8, 4) is 0 Å². The number of halogens is 2. The van der Waals surface area contributed by atoms with Crippen molar-refractivity contribution in [2.75, 3.05) is 32.1 Å². The summed E-state index contributed by atoms with van der Waals surface area (Å²) in [5.74, 6) is -0.586. The number of hydrogen-bond donors (Lipinski definition) is 4. The molecule has 8 nitrogen and oxygen atoms in total. The number of aliphatic hydroxyl groups excluding tert-OH is 1. The first-order valence-electron chi connectivity index (χ1n) is 10.4. The van der Waals surface area contributed by atoms with Crippen molar-refractivity contribution in [3.63, 3.8) is 0 Å². The van der Waals surface area contributed by atoms with Gasteiger partial charge in [0.15, 0.2) is 6.23 Å². The zero-order valence-electron chi connectivity index (χ0n) is 17.9. The van der Waals surface area contributed by atoms with Crippen LogP contribution in [0.25, 0.3) is 10.9 Å². The van der Waals surface area contributed by atoms with Gasteiger partial charge < -0.3 is 25.3 Å². The minimum Gasteiger partial charge on any atom is -0.387 e. The average molecular weight is 498 g/mol. The van der Waals surface area contributed by atoms with Gasteiger partial charge in [0.05, 0.1) is 22.1 Å². The summed E-state index contributed by atoms with van der Waals surface area (Å²) in [4.78, 5) is 3.01.